The Labute approximate surface area is 114 Å². The van der Waals surface area contributed by atoms with E-state index < -0.39 is 0 Å². The monoisotopic (exact) mass is 261 g/mol. The van der Waals surface area contributed by atoms with Crippen molar-refractivity contribution in [2.75, 3.05) is 13.7 Å². The van der Waals surface area contributed by atoms with E-state index in [0.29, 0.717) is 12.5 Å². The summed E-state index contributed by atoms with van der Waals surface area (Å²) >= 11 is 0. The number of aliphatic hydroxyl groups excluding tert-OH is 1. The number of hydrogen-bond acceptors (Lipinski definition) is 3. The maximum absolute atomic E-state index is 10.7. The van der Waals surface area contributed by atoms with Crippen molar-refractivity contribution >= 4 is 0 Å². The minimum atomic E-state index is -0.299. The predicted octanol–water partition coefficient (Wildman–Crippen LogP) is 2.14. The lowest BCUT2D eigenvalue weighted by Gasteiger charge is -2.23. The highest BCUT2D eigenvalue weighted by atomic mass is 16.5. The Balaban J connectivity index is 1.76. The minimum absolute atomic E-state index is 0.0331. The Morgan fingerprint density at radius 1 is 1.37 bits per heavy atom. The first kappa shape index (κ1) is 12.9. The van der Waals surface area contributed by atoms with Gasteiger partial charge in [0.1, 0.15) is 5.75 Å². The van der Waals surface area contributed by atoms with Gasteiger partial charge in [0.2, 0.25) is 0 Å². The molecule has 0 amide bonds. The molecule has 0 bridgehead atoms. The van der Waals surface area contributed by atoms with E-state index in [0.717, 1.165) is 23.1 Å². The van der Waals surface area contributed by atoms with Crippen molar-refractivity contribution in [3.63, 3.8) is 0 Å². The van der Waals surface area contributed by atoms with Crippen molar-refractivity contribution in [3.05, 3.63) is 29.8 Å². The summed E-state index contributed by atoms with van der Waals surface area (Å²) < 4.78 is 5.26. The van der Waals surface area contributed by atoms with Crippen LogP contribution in [0.3, 0.4) is 0 Å². The maximum Gasteiger partial charge on any atom is 0.119 e. The van der Waals surface area contributed by atoms with Gasteiger partial charge in [-0.05, 0) is 48.3 Å². The molecule has 2 saturated carbocycles. The van der Waals surface area contributed by atoms with E-state index in [1.165, 1.54) is 19.3 Å². The molecule has 0 heterocycles. The van der Waals surface area contributed by atoms with Crippen molar-refractivity contribution in [2.45, 2.75) is 31.3 Å². The lowest BCUT2D eigenvalue weighted by Crippen LogP contribution is -2.29. The van der Waals surface area contributed by atoms with E-state index in [-0.39, 0.29) is 12.0 Å². The second-order valence-electron chi connectivity index (χ2n) is 5.95. The van der Waals surface area contributed by atoms with Crippen LogP contribution in [0.5, 0.6) is 5.75 Å². The fraction of sp³-hybridized carbons (Fsp3) is 0.625. The summed E-state index contributed by atoms with van der Waals surface area (Å²) in [5, 5.41) is 10.7. The topological polar surface area (TPSA) is 55.5 Å². The van der Waals surface area contributed by atoms with Crippen LogP contribution in [0.15, 0.2) is 24.3 Å². The van der Waals surface area contributed by atoms with Gasteiger partial charge in [0.25, 0.3) is 0 Å². The number of ether oxygens (including phenoxy) is 1. The number of fused-ring (bicyclic) bond motifs is 1. The SMILES string of the molecule is COc1cccc(C(CN)C(O)C2C3CCCC32)c1. The molecule has 4 unspecified atom stereocenters. The van der Waals surface area contributed by atoms with Gasteiger partial charge in [-0.15, -0.1) is 0 Å². The molecule has 2 aliphatic carbocycles. The third-order valence-corrected chi connectivity index (χ3v) is 5.06. The molecule has 104 valence electrons. The van der Waals surface area contributed by atoms with Crippen LogP contribution in [0.4, 0.5) is 0 Å². The van der Waals surface area contributed by atoms with E-state index in [9.17, 15) is 5.11 Å². The molecule has 3 rings (SSSR count). The van der Waals surface area contributed by atoms with Crippen molar-refractivity contribution in [2.24, 2.45) is 23.5 Å². The second-order valence-corrected chi connectivity index (χ2v) is 5.95. The van der Waals surface area contributed by atoms with Gasteiger partial charge in [-0.1, -0.05) is 18.6 Å². The van der Waals surface area contributed by atoms with E-state index in [2.05, 4.69) is 0 Å². The number of aliphatic hydroxyl groups is 1. The quantitative estimate of drug-likeness (QED) is 0.854. The van der Waals surface area contributed by atoms with Crippen LogP contribution in [0.2, 0.25) is 0 Å². The molecule has 1 aromatic rings. The highest BCUT2D eigenvalue weighted by molar-refractivity contribution is 5.32. The normalized spacial score (nSPS) is 31.6. The Morgan fingerprint density at radius 3 is 2.74 bits per heavy atom. The molecular weight excluding hydrogens is 238 g/mol. The van der Waals surface area contributed by atoms with Crippen molar-refractivity contribution in [1.82, 2.24) is 0 Å². The summed E-state index contributed by atoms with van der Waals surface area (Å²) in [6, 6.07) is 7.94. The van der Waals surface area contributed by atoms with Gasteiger partial charge >= 0.3 is 0 Å². The van der Waals surface area contributed by atoms with Gasteiger partial charge in [0.15, 0.2) is 0 Å². The molecule has 0 saturated heterocycles. The van der Waals surface area contributed by atoms with Gasteiger partial charge in [-0.2, -0.15) is 0 Å². The largest absolute Gasteiger partial charge is 0.497 e. The van der Waals surface area contributed by atoms with Crippen molar-refractivity contribution < 1.29 is 9.84 Å². The molecule has 3 N–H and O–H groups in total. The summed E-state index contributed by atoms with van der Waals surface area (Å²) in [7, 11) is 1.66. The fourth-order valence-corrected chi connectivity index (χ4v) is 4.00. The highest BCUT2D eigenvalue weighted by Gasteiger charge is 2.56. The average molecular weight is 261 g/mol. The second kappa shape index (κ2) is 5.14. The molecule has 3 nitrogen and oxygen atoms in total. The number of methoxy groups -OCH3 is 1. The van der Waals surface area contributed by atoms with Crippen LogP contribution < -0.4 is 10.5 Å². The molecule has 2 aliphatic rings. The summed E-state index contributed by atoms with van der Waals surface area (Å²) in [6.07, 6.45) is 3.63. The molecular formula is C16H23NO2. The Kier molecular flexibility index (Phi) is 3.50. The van der Waals surface area contributed by atoms with E-state index in [1.807, 2.05) is 24.3 Å². The van der Waals surface area contributed by atoms with Gasteiger partial charge in [0, 0.05) is 12.5 Å². The Morgan fingerprint density at radius 2 is 2.11 bits per heavy atom. The standard InChI is InChI=1S/C16H23NO2/c1-19-11-5-2-4-10(8-11)14(9-17)16(18)15-12-6-3-7-13(12)15/h2,4-5,8,12-16,18H,3,6-7,9,17H2,1H3. The number of nitrogens with two attached hydrogens (primary N) is 1. The summed E-state index contributed by atoms with van der Waals surface area (Å²) in [5.41, 5.74) is 7.01. The molecule has 2 fully saturated rings. The third-order valence-electron chi connectivity index (χ3n) is 5.06. The molecule has 0 aliphatic heterocycles. The van der Waals surface area contributed by atoms with Gasteiger partial charge in [-0.3, -0.25) is 0 Å². The van der Waals surface area contributed by atoms with Crippen LogP contribution in [0, 0.1) is 17.8 Å². The number of benzene rings is 1. The molecule has 0 aromatic heterocycles. The molecule has 0 spiro atoms. The van der Waals surface area contributed by atoms with Gasteiger partial charge < -0.3 is 15.6 Å². The number of rotatable bonds is 5. The van der Waals surface area contributed by atoms with E-state index in [4.69, 9.17) is 10.5 Å². The van der Waals surface area contributed by atoms with Crippen molar-refractivity contribution in [1.29, 1.82) is 0 Å². The summed E-state index contributed by atoms with van der Waals surface area (Å²) in [4.78, 5) is 0. The third kappa shape index (κ3) is 2.26. The highest BCUT2D eigenvalue weighted by Crippen LogP contribution is 2.60. The number of hydrogen-bond donors (Lipinski definition) is 2. The molecule has 0 radical (unpaired) electrons. The Hall–Kier alpha value is -1.06. The van der Waals surface area contributed by atoms with Crippen LogP contribution in [0.25, 0.3) is 0 Å². The lowest BCUT2D eigenvalue weighted by molar-refractivity contribution is 0.108. The zero-order valence-electron chi connectivity index (χ0n) is 11.5. The first-order valence-corrected chi connectivity index (χ1v) is 7.28. The Bertz CT molecular complexity index is 438. The summed E-state index contributed by atoms with van der Waals surface area (Å²) in [5.74, 6) is 2.86. The fourth-order valence-electron chi connectivity index (χ4n) is 4.00. The maximum atomic E-state index is 10.7. The van der Waals surface area contributed by atoms with Crippen LogP contribution in [-0.4, -0.2) is 24.9 Å². The average Bonchev–Trinajstić information content (AvgIpc) is 2.93. The minimum Gasteiger partial charge on any atom is -0.497 e. The molecule has 4 atom stereocenters. The van der Waals surface area contributed by atoms with E-state index in [1.54, 1.807) is 7.11 Å². The zero-order valence-corrected chi connectivity index (χ0v) is 11.5. The van der Waals surface area contributed by atoms with Gasteiger partial charge in [-0.25, -0.2) is 0 Å². The van der Waals surface area contributed by atoms with E-state index >= 15 is 0 Å². The lowest BCUT2D eigenvalue weighted by atomic mass is 9.88. The van der Waals surface area contributed by atoms with Crippen LogP contribution >= 0.6 is 0 Å². The smallest absolute Gasteiger partial charge is 0.119 e. The predicted molar refractivity (Wildman–Crippen MR) is 75.1 cm³/mol. The molecule has 19 heavy (non-hydrogen) atoms. The zero-order chi connectivity index (χ0) is 13.4. The first-order chi connectivity index (χ1) is 9.26. The van der Waals surface area contributed by atoms with Crippen molar-refractivity contribution in [3.8, 4) is 5.75 Å². The first-order valence-electron chi connectivity index (χ1n) is 7.28. The molecule has 3 heteroatoms. The summed E-state index contributed by atoms with van der Waals surface area (Å²) in [6.45, 7) is 0.490. The van der Waals surface area contributed by atoms with Crippen LogP contribution in [-0.2, 0) is 0 Å². The molecule has 1 aromatic carbocycles. The van der Waals surface area contributed by atoms with Crippen LogP contribution in [0.1, 0.15) is 30.7 Å². The van der Waals surface area contributed by atoms with Gasteiger partial charge in [0.05, 0.1) is 13.2 Å².